The van der Waals surface area contributed by atoms with E-state index in [1.807, 2.05) is 19.9 Å². The number of hydrogen-bond acceptors (Lipinski definition) is 3. The van der Waals surface area contributed by atoms with Crippen LogP contribution in [0.2, 0.25) is 0 Å². The number of ketones is 1. The molecule has 126 valence electrons. The highest BCUT2D eigenvalue weighted by Crippen LogP contribution is 2.27. The fourth-order valence-electron chi connectivity index (χ4n) is 2.40. The monoisotopic (exact) mass is 319 g/mol. The van der Waals surface area contributed by atoms with E-state index in [0.29, 0.717) is 5.56 Å². The predicted molar refractivity (Wildman–Crippen MR) is 88.2 cm³/mol. The third-order valence-corrected chi connectivity index (χ3v) is 3.62. The second-order valence-electron chi connectivity index (χ2n) is 6.93. The number of hydrogen-bond donors (Lipinski definition) is 2. The molecule has 0 heterocycles. The van der Waals surface area contributed by atoms with Crippen molar-refractivity contribution in [2.45, 2.75) is 46.6 Å². The van der Waals surface area contributed by atoms with Crippen LogP contribution in [0.25, 0.3) is 0 Å². The molecule has 23 heavy (non-hydrogen) atoms. The SMILES string of the molecule is CC(C)[C@H](NC(=O)CC(C)(C)CC(=O)c1ccccc1)C(=O)O. The molecule has 0 fully saturated rings. The van der Waals surface area contributed by atoms with Crippen LogP contribution in [0.4, 0.5) is 0 Å². The molecule has 0 unspecified atom stereocenters. The molecule has 0 aromatic heterocycles. The second kappa shape index (κ2) is 7.90. The molecule has 0 aliphatic carbocycles. The number of benzene rings is 1. The lowest BCUT2D eigenvalue weighted by Gasteiger charge is -2.25. The fourth-order valence-corrected chi connectivity index (χ4v) is 2.40. The van der Waals surface area contributed by atoms with Gasteiger partial charge in [0.1, 0.15) is 6.04 Å². The van der Waals surface area contributed by atoms with Crippen molar-refractivity contribution >= 4 is 17.7 Å². The maximum Gasteiger partial charge on any atom is 0.326 e. The van der Waals surface area contributed by atoms with Gasteiger partial charge in [-0.1, -0.05) is 58.0 Å². The topological polar surface area (TPSA) is 83.5 Å². The average molecular weight is 319 g/mol. The van der Waals surface area contributed by atoms with Gasteiger partial charge in [0.05, 0.1) is 0 Å². The Hall–Kier alpha value is -2.17. The van der Waals surface area contributed by atoms with Crippen LogP contribution in [0.3, 0.4) is 0 Å². The van der Waals surface area contributed by atoms with Crippen LogP contribution in [0.5, 0.6) is 0 Å². The Morgan fingerprint density at radius 1 is 1.09 bits per heavy atom. The summed E-state index contributed by atoms with van der Waals surface area (Å²) in [5.41, 5.74) is 0.0726. The van der Waals surface area contributed by atoms with Gasteiger partial charge in [-0.25, -0.2) is 4.79 Å². The molecule has 5 heteroatoms. The number of carbonyl (C=O) groups excluding carboxylic acids is 2. The minimum absolute atomic E-state index is 0.0259. The number of rotatable bonds is 8. The van der Waals surface area contributed by atoms with Gasteiger partial charge in [-0.05, 0) is 11.3 Å². The summed E-state index contributed by atoms with van der Waals surface area (Å²) in [6, 6.07) is 8.02. The van der Waals surface area contributed by atoms with Gasteiger partial charge in [0.25, 0.3) is 0 Å². The fraction of sp³-hybridized carbons (Fsp3) is 0.500. The summed E-state index contributed by atoms with van der Waals surface area (Å²) in [5, 5.41) is 11.7. The maximum atomic E-state index is 12.3. The maximum absolute atomic E-state index is 12.3. The Labute approximate surface area is 137 Å². The molecule has 0 radical (unpaired) electrons. The molecular formula is C18H25NO4. The summed E-state index contributed by atoms with van der Waals surface area (Å²) in [7, 11) is 0. The highest BCUT2D eigenvalue weighted by molar-refractivity contribution is 5.96. The highest BCUT2D eigenvalue weighted by Gasteiger charge is 2.29. The number of carboxylic acid groups (broad SMARTS) is 1. The van der Waals surface area contributed by atoms with Gasteiger partial charge in [-0.15, -0.1) is 0 Å². The Morgan fingerprint density at radius 3 is 2.13 bits per heavy atom. The van der Waals surface area contributed by atoms with E-state index in [1.165, 1.54) is 0 Å². The summed E-state index contributed by atoms with van der Waals surface area (Å²) in [6.07, 6.45) is 0.325. The molecule has 0 aliphatic heterocycles. The van der Waals surface area contributed by atoms with Gasteiger partial charge in [-0.2, -0.15) is 0 Å². The molecule has 0 spiro atoms. The first kappa shape index (κ1) is 18.9. The zero-order valence-electron chi connectivity index (χ0n) is 14.1. The van der Waals surface area contributed by atoms with E-state index in [0.717, 1.165) is 0 Å². The molecule has 1 atom stereocenters. The van der Waals surface area contributed by atoms with Crippen LogP contribution >= 0.6 is 0 Å². The van der Waals surface area contributed by atoms with Crippen molar-refractivity contribution in [1.82, 2.24) is 5.32 Å². The van der Waals surface area contributed by atoms with Crippen LogP contribution in [0, 0.1) is 11.3 Å². The molecule has 5 nitrogen and oxygen atoms in total. The van der Waals surface area contributed by atoms with Gasteiger partial charge in [0, 0.05) is 18.4 Å². The number of amides is 1. The molecule has 0 aliphatic rings. The molecular weight excluding hydrogens is 294 g/mol. The normalized spacial score (nSPS) is 12.7. The predicted octanol–water partition coefficient (Wildman–Crippen LogP) is 2.90. The van der Waals surface area contributed by atoms with Crippen molar-refractivity contribution in [2.75, 3.05) is 0 Å². The van der Waals surface area contributed by atoms with Crippen LogP contribution in [-0.4, -0.2) is 28.8 Å². The molecule has 2 N–H and O–H groups in total. The van der Waals surface area contributed by atoms with E-state index in [-0.39, 0.29) is 30.4 Å². The molecule has 1 amide bonds. The minimum atomic E-state index is -1.05. The highest BCUT2D eigenvalue weighted by atomic mass is 16.4. The molecule has 1 aromatic rings. The van der Waals surface area contributed by atoms with E-state index in [9.17, 15) is 14.4 Å². The number of Topliss-reactive ketones (excluding diaryl/α,β-unsaturated/α-hetero) is 1. The van der Waals surface area contributed by atoms with E-state index in [1.54, 1.807) is 38.1 Å². The second-order valence-corrected chi connectivity index (χ2v) is 6.93. The summed E-state index contributed by atoms with van der Waals surface area (Å²) < 4.78 is 0. The number of carboxylic acids is 1. The standard InChI is InChI=1S/C18H25NO4/c1-12(2)16(17(22)23)19-15(21)11-18(3,4)10-14(20)13-8-6-5-7-9-13/h5-9,12,16H,10-11H2,1-4H3,(H,19,21)(H,22,23)/t16-/m0/s1. The first-order chi connectivity index (χ1) is 10.6. The zero-order chi connectivity index (χ0) is 17.6. The van der Waals surface area contributed by atoms with Gasteiger partial charge in [-0.3, -0.25) is 9.59 Å². The zero-order valence-corrected chi connectivity index (χ0v) is 14.1. The van der Waals surface area contributed by atoms with Gasteiger partial charge < -0.3 is 10.4 Å². The van der Waals surface area contributed by atoms with Crippen LogP contribution in [0.1, 0.15) is 50.9 Å². The Morgan fingerprint density at radius 2 is 1.65 bits per heavy atom. The molecule has 1 rings (SSSR count). The number of aliphatic carboxylic acids is 1. The lowest BCUT2D eigenvalue weighted by molar-refractivity contribution is -0.143. The van der Waals surface area contributed by atoms with Crippen molar-refractivity contribution < 1.29 is 19.5 Å². The smallest absolute Gasteiger partial charge is 0.326 e. The van der Waals surface area contributed by atoms with Crippen molar-refractivity contribution in [3.05, 3.63) is 35.9 Å². The Balaban J connectivity index is 2.65. The van der Waals surface area contributed by atoms with E-state index >= 15 is 0 Å². The third kappa shape index (κ3) is 6.22. The van der Waals surface area contributed by atoms with E-state index < -0.39 is 17.4 Å². The summed E-state index contributed by atoms with van der Waals surface area (Å²) in [6.45, 7) is 7.14. The molecule has 0 saturated heterocycles. The van der Waals surface area contributed by atoms with Gasteiger partial charge in [0.2, 0.25) is 5.91 Å². The lowest BCUT2D eigenvalue weighted by Crippen LogP contribution is -2.45. The first-order valence-corrected chi connectivity index (χ1v) is 7.73. The van der Waals surface area contributed by atoms with Crippen LogP contribution in [-0.2, 0) is 9.59 Å². The summed E-state index contributed by atoms with van der Waals surface area (Å²) >= 11 is 0. The largest absolute Gasteiger partial charge is 0.480 e. The van der Waals surface area contributed by atoms with Crippen LogP contribution in [0.15, 0.2) is 30.3 Å². The average Bonchev–Trinajstić information content (AvgIpc) is 2.44. The molecule has 1 aromatic carbocycles. The first-order valence-electron chi connectivity index (χ1n) is 7.73. The van der Waals surface area contributed by atoms with Crippen LogP contribution < -0.4 is 5.32 Å². The minimum Gasteiger partial charge on any atom is -0.480 e. The van der Waals surface area contributed by atoms with Crippen molar-refractivity contribution in [1.29, 1.82) is 0 Å². The Bertz CT molecular complexity index is 564. The van der Waals surface area contributed by atoms with Crippen molar-refractivity contribution in [3.63, 3.8) is 0 Å². The molecule has 0 saturated carbocycles. The van der Waals surface area contributed by atoms with E-state index in [2.05, 4.69) is 5.32 Å². The Kier molecular flexibility index (Phi) is 6.49. The summed E-state index contributed by atoms with van der Waals surface area (Å²) in [4.78, 5) is 35.5. The van der Waals surface area contributed by atoms with Crippen molar-refractivity contribution in [2.24, 2.45) is 11.3 Å². The quantitative estimate of drug-likeness (QED) is 0.722. The van der Waals surface area contributed by atoms with Crippen molar-refractivity contribution in [3.8, 4) is 0 Å². The number of nitrogens with one attached hydrogen (secondary N) is 1. The van der Waals surface area contributed by atoms with E-state index in [4.69, 9.17) is 5.11 Å². The lowest BCUT2D eigenvalue weighted by atomic mass is 9.82. The summed E-state index contributed by atoms with van der Waals surface area (Å²) in [5.74, 6) is -1.63. The third-order valence-electron chi connectivity index (χ3n) is 3.62. The molecule has 0 bridgehead atoms. The van der Waals surface area contributed by atoms with Gasteiger partial charge in [0.15, 0.2) is 5.78 Å². The number of carbonyl (C=O) groups is 3. The van der Waals surface area contributed by atoms with Gasteiger partial charge >= 0.3 is 5.97 Å².